The molecular formula is C24H20F2N2O2. The maximum absolute atomic E-state index is 13.6. The topological polar surface area (TPSA) is 49.4 Å². The van der Waals surface area contributed by atoms with Gasteiger partial charge in [-0.3, -0.25) is 9.59 Å². The monoisotopic (exact) mass is 406 g/mol. The van der Waals surface area contributed by atoms with Crippen molar-refractivity contribution in [1.29, 1.82) is 0 Å². The van der Waals surface area contributed by atoms with Crippen LogP contribution in [0.4, 0.5) is 14.5 Å². The Hall–Kier alpha value is -3.54. The number of hydrogen-bond donors (Lipinski definition) is 1. The molecule has 3 aromatic rings. The summed E-state index contributed by atoms with van der Waals surface area (Å²) in [7, 11) is 0. The van der Waals surface area contributed by atoms with E-state index < -0.39 is 23.6 Å². The van der Waals surface area contributed by atoms with Crippen LogP contribution in [0.1, 0.15) is 33.9 Å². The van der Waals surface area contributed by atoms with Crippen LogP contribution < -0.4 is 10.2 Å². The molecule has 152 valence electrons. The molecule has 4 rings (SSSR count). The van der Waals surface area contributed by atoms with Crippen LogP contribution in [0.3, 0.4) is 0 Å². The molecule has 0 fully saturated rings. The summed E-state index contributed by atoms with van der Waals surface area (Å²) in [5, 5.41) is 2.70. The summed E-state index contributed by atoms with van der Waals surface area (Å²) >= 11 is 0. The zero-order valence-corrected chi connectivity index (χ0v) is 16.1. The van der Waals surface area contributed by atoms with Gasteiger partial charge in [0.05, 0.1) is 0 Å². The molecule has 0 saturated carbocycles. The van der Waals surface area contributed by atoms with Crippen LogP contribution in [0.25, 0.3) is 0 Å². The standard InChI is InChI=1S/C24H20F2N2O2/c25-19-13-12-18(15-20(19)26)23(29)27-22(17-8-2-1-3-9-17)24(30)28-14-6-10-16-7-4-5-11-21(16)28/h1-5,7-9,11-13,15,22H,6,10,14H2,(H,27,29). The Labute approximate surface area is 173 Å². The number of para-hydroxylation sites is 1. The van der Waals surface area contributed by atoms with Crippen LogP contribution in [0.5, 0.6) is 0 Å². The van der Waals surface area contributed by atoms with Gasteiger partial charge in [0.1, 0.15) is 6.04 Å². The highest BCUT2D eigenvalue weighted by Gasteiger charge is 2.31. The molecule has 1 unspecified atom stereocenters. The first-order chi connectivity index (χ1) is 14.5. The third-order valence-electron chi connectivity index (χ3n) is 5.21. The third-order valence-corrected chi connectivity index (χ3v) is 5.21. The Morgan fingerprint density at radius 2 is 1.63 bits per heavy atom. The summed E-state index contributed by atoms with van der Waals surface area (Å²) in [5.74, 6) is -3.08. The molecule has 30 heavy (non-hydrogen) atoms. The first kappa shape index (κ1) is 19.8. The molecule has 1 atom stereocenters. The van der Waals surface area contributed by atoms with E-state index in [1.54, 1.807) is 29.2 Å². The molecule has 3 aromatic carbocycles. The van der Waals surface area contributed by atoms with Crippen molar-refractivity contribution in [3.8, 4) is 0 Å². The number of fused-ring (bicyclic) bond motifs is 1. The van der Waals surface area contributed by atoms with Crippen molar-refractivity contribution in [2.75, 3.05) is 11.4 Å². The highest BCUT2D eigenvalue weighted by molar-refractivity contribution is 6.03. The maximum Gasteiger partial charge on any atom is 0.254 e. The Kier molecular flexibility index (Phi) is 5.57. The van der Waals surface area contributed by atoms with E-state index in [1.807, 2.05) is 30.3 Å². The molecule has 1 N–H and O–H groups in total. The van der Waals surface area contributed by atoms with E-state index in [4.69, 9.17) is 0 Å². The number of aryl methyl sites for hydroxylation is 1. The van der Waals surface area contributed by atoms with E-state index in [0.717, 1.165) is 36.2 Å². The van der Waals surface area contributed by atoms with Crippen LogP contribution in [0.2, 0.25) is 0 Å². The lowest BCUT2D eigenvalue weighted by atomic mass is 9.99. The molecule has 0 aliphatic carbocycles. The first-order valence-corrected chi connectivity index (χ1v) is 9.75. The van der Waals surface area contributed by atoms with E-state index in [0.29, 0.717) is 12.1 Å². The number of nitrogens with zero attached hydrogens (tertiary/aromatic N) is 1. The average molecular weight is 406 g/mol. The highest BCUT2D eigenvalue weighted by atomic mass is 19.2. The number of carbonyl (C=O) groups excluding carboxylic acids is 2. The first-order valence-electron chi connectivity index (χ1n) is 9.75. The lowest BCUT2D eigenvalue weighted by Crippen LogP contribution is -2.45. The van der Waals surface area contributed by atoms with Gasteiger partial charge in [0.2, 0.25) is 0 Å². The molecule has 2 amide bonds. The summed E-state index contributed by atoms with van der Waals surface area (Å²) < 4.78 is 26.8. The Morgan fingerprint density at radius 1 is 0.900 bits per heavy atom. The fourth-order valence-corrected chi connectivity index (χ4v) is 3.70. The van der Waals surface area contributed by atoms with Crippen molar-refractivity contribution < 1.29 is 18.4 Å². The molecular weight excluding hydrogens is 386 g/mol. The summed E-state index contributed by atoms with van der Waals surface area (Å²) in [6, 6.07) is 18.5. The van der Waals surface area contributed by atoms with Gasteiger partial charge in [-0.1, -0.05) is 48.5 Å². The number of benzene rings is 3. The van der Waals surface area contributed by atoms with E-state index in [2.05, 4.69) is 5.32 Å². The molecule has 4 nitrogen and oxygen atoms in total. The van der Waals surface area contributed by atoms with Crippen LogP contribution in [0.15, 0.2) is 72.8 Å². The van der Waals surface area contributed by atoms with Gasteiger partial charge in [-0.25, -0.2) is 8.78 Å². The van der Waals surface area contributed by atoms with Gasteiger partial charge < -0.3 is 10.2 Å². The minimum atomic E-state index is -1.12. The summed E-state index contributed by atoms with van der Waals surface area (Å²) in [6.07, 6.45) is 1.71. The predicted molar refractivity (Wildman–Crippen MR) is 110 cm³/mol. The van der Waals surface area contributed by atoms with Gasteiger partial charge in [-0.15, -0.1) is 0 Å². The van der Waals surface area contributed by atoms with E-state index in [1.165, 1.54) is 6.07 Å². The molecule has 1 heterocycles. The lowest BCUT2D eigenvalue weighted by Gasteiger charge is -2.32. The van der Waals surface area contributed by atoms with Gasteiger partial charge in [0.25, 0.3) is 11.8 Å². The number of anilines is 1. The van der Waals surface area contributed by atoms with E-state index >= 15 is 0 Å². The lowest BCUT2D eigenvalue weighted by molar-refractivity contribution is -0.120. The van der Waals surface area contributed by atoms with Crippen LogP contribution in [-0.4, -0.2) is 18.4 Å². The molecule has 0 radical (unpaired) electrons. The largest absolute Gasteiger partial charge is 0.336 e. The van der Waals surface area contributed by atoms with Gasteiger partial charge in [-0.05, 0) is 48.2 Å². The van der Waals surface area contributed by atoms with Crippen LogP contribution in [-0.2, 0) is 11.2 Å². The molecule has 0 spiro atoms. The number of carbonyl (C=O) groups is 2. The van der Waals surface area contributed by atoms with Crippen LogP contribution >= 0.6 is 0 Å². The minimum Gasteiger partial charge on any atom is -0.336 e. The number of amides is 2. The minimum absolute atomic E-state index is 0.0540. The Balaban J connectivity index is 1.66. The van der Waals surface area contributed by atoms with Crippen molar-refractivity contribution >= 4 is 17.5 Å². The molecule has 6 heteroatoms. The molecule has 0 bridgehead atoms. The number of halogens is 2. The van der Waals surface area contributed by atoms with E-state index in [9.17, 15) is 18.4 Å². The second-order valence-electron chi connectivity index (χ2n) is 7.17. The number of hydrogen-bond acceptors (Lipinski definition) is 2. The average Bonchev–Trinajstić information content (AvgIpc) is 2.79. The van der Waals surface area contributed by atoms with Gasteiger partial charge in [0.15, 0.2) is 11.6 Å². The van der Waals surface area contributed by atoms with Crippen molar-refractivity contribution in [3.63, 3.8) is 0 Å². The van der Waals surface area contributed by atoms with Gasteiger partial charge in [0, 0.05) is 17.8 Å². The molecule has 0 saturated heterocycles. The SMILES string of the molecule is O=C(NC(C(=O)N1CCCc2ccccc21)c1ccccc1)c1ccc(F)c(F)c1. The second-order valence-corrected chi connectivity index (χ2v) is 7.17. The van der Waals surface area contributed by atoms with Crippen molar-refractivity contribution in [2.24, 2.45) is 0 Å². The number of nitrogens with one attached hydrogen (secondary N) is 1. The molecule has 1 aliphatic heterocycles. The second kappa shape index (κ2) is 8.45. The third kappa shape index (κ3) is 3.94. The summed E-state index contributed by atoms with van der Waals surface area (Å²) in [6.45, 7) is 0.542. The normalized spacial score (nSPS) is 14.0. The zero-order valence-electron chi connectivity index (χ0n) is 16.1. The molecule has 1 aliphatic rings. The highest BCUT2D eigenvalue weighted by Crippen LogP contribution is 2.29. The maximum atomic E-state index is 13.6. The van der Waals surface area contributed by atoms with E-state index in [-0.39, 0.29) is 11.5 Å². The quantitative estimate of drug-likeness (QED) is 0.698. The van der Waals surface area contributed by atoms with Crippen molar-refractivity contribution in [3.05, 3.63) is 101 Å². The summed E-state index contributed by atoms with van der Waals surface area (Å²) in [4.78, 5) is 28.0. The fourth-order valence-electron chi connectivity index (χ4n) is 3.70. The predicted octanol–water partition coefficient (Wildman–Crippen LogP) is 4.42. The Bertz CT molecular complexity index is 1090. The van der Waals surface area contributed by atoms with Crippen LogP contribution in [0, 0.1) is 11.6 Å². The van der Waals surface area contributed by atoms with Crippen molar-refractivity contribution in [1.82, 2.24) is 5.32 Å². The molecule has 0 aromatic heterocycles. The zero-order chi connectivity index (χ0) is 21.1. The van der Waals surface area contributed by atoms with Gasteiger partial charge in [-0.2, -0.15) is 0 Å². The van der Waals surface area contributed by atoms with Gasteiger partial charge >= 0.3 is 0 Å². The fraction of sp³-hybridized carbons (Fsp3) is 0.167. The van der Waals surface area contributed by atoms with Crippen molar-refractivity contribution in [2.45, 2.75) is 18.9 Å². The Morgan fingerprint density at radius 3 is 2.40 bits per heavy atom. The number of rotatable bonds is 4. The smallest absolute Gasteiger partial charge is 0.254 e. The summed E-state index contributed by atoms with van der Waals surface area (Å²) in [5.41, 5.74) is 2.47.